The van der Waals surface area contributed by atoms with Crippen LogP contribution in [0.1, 0.15) is 24.0 Å². The fraction of sp³-hybridized carbons (Fsp3) is 0.500. The Labute approximate surface area is 169 Å². The number of aryl methyl sites for hydroxylation is 2. The van der Waals surface area contributed by atoms with Gasteiger partial charge in [-0.15, -0.1) is 0 Å². The molecule has 2 aromatic rings. The number of rotatable bonds is 10. The summed E-state index contributed by atoms with van der Waals surface area (Å²) in [7, 11) is -2.41. The molecule has 0 N–H and O–H groups in total. The van der Waals surface area contributed by atoms with E-state index in [1.807, 2.05) is 0 Å². The molecule has 0 bridgehead atoms. The van der Waals surface area contributed by atoms with E-state index < -0.39 is 16.1 Å². The lowest BCUT2D eigenvalue weighted by Gasteiger charge is -2.17. The Morgan fingerprint density at radius 2 is 1.04 bits per heavy atom. The highest BCUT2D eigenvalue weighted by Crippen LogP contribution is 2.09. The summed E-state index contributed by atoms with van der Waals surface area (Å²) in [6, 6.07) is 18.4. The van der Waals surface area contributed by atoms with E-state index in [9.17, 15) is 0 Å². The number of hydrogen-bond acceptors (Lipinski definition) is 1. The zero-order valence-corrected chi connectivity index (χ0v) is 20.3. The van der Waals surface area contributed by atoms with Crippen LogP contribution >= 0.6 is 0 Å². The van der Waals surface area contributed by atoms with Crippen LogP contribution in [-0.4, -0.2) is 29.4 Å². The lowest BCUT2D eigenvalue weighted by atomic mass is 10.1. The second kappa shape index (κ2) is 9.86. The van der Waals surface area contributed by atoms with E-state index in [1.54, 1.807) is 10.4 Å². The minimum absolute atomic E-state index is 0.867. The predicted octanol–water partition coefficient (Wildman–Crippen LogP) is 5.36. The van der Waals surface area contributed by atoms with Crippen LogP contribution in [0.3, 0.4) is 0 Å². The van der Waals surface area contributed by atoms with Gasteiger partial charge in [-0.2, -0.15) is 0 Å². The van der Waals surface area contributed by atoms with Gasteiger partial charge in [0, 0.05) is 13.2 Å². The molecule has 0 aliphatic rings. The van der Waals surface area contributed by atoms with Crippen molar-refractivity contribution >= 4 is 26.5 Å². The van der Waals surface area contributed by atoms with Crippen LogP contribution in [0.2, 0.25) is 39.3 Å². The van der Waals surface area contributed by atoms with Crippen molar-refractivity contribution in [2.45, 2.75) is 65.0 Å². The summed E-state index contributed by atoms with van der Waals surface area (Å²) in [6.07, 6.45) is 4.47. The van der Waals surface area contributed by atoms with Gasteiger partial charge in [0.2, 0.25) is 0 Å². The van der Waals surface area contributed by atoms with Gasteiger partial charge in [0.1, 0.15) is 0 Å². The standard InChI is InChI=1S/C24H38OSi2/c1-26(2,3)23-15-7-11-21(19-23)13-9-17-25-18-10-14-22-12-8-16-24(20-22)27(4,5)6/h7-8,11-12,15-16,19-20H,9-10,13-14,17-18H2,1-6H3. The molecule has 0 spiro atoms. The monoisotopic (exact) mass is 398 g/mol. The molecule has 0 atom stereocenters. The van der Waals surface area contributed by atoms with E-state index >= 15 is 0 Å². The van der Waals surface area contributed by atoms with Crippen molar-refractivity contribution in [3.05, 3.63) is 59.7 Å². The Kier molecular flexibility index (Phi) is 8.08. The van der Waals surface area contributed by atoms with Crippen molar-refractivity contribution in [2.24, 2.45) is 0 Å². The SMILES string of the molecule is C[Si](C)(C)c1cccc(CCCOCCCc2cccc([Si](C)(C)C)c2)c1. The first-order chi connectivity index (χ1) is 12.7. The van der Waals surface area contributed by atoms with E-state index in [1.165, 1.54) is 11.1 Å². The molecule has 0 saturated carbocycles. The molecule has 2 aromatic carbocycles. The van der Waals surface area contributed by atoms with Crippen LogP contribution in [0.4, 0.5) is 0 Å². The summed E-state index contributed by atoms with van der Waals surface area (Å²) in [5, 5.41) is 3.11. The Morgan fingerprint density at radius 3 is 1.41 bits per heavy atom. The predicted molar refractivity (Wildman–Crippen MR) is 126 cm³/mol. The van der Waals surface area contributed by atoms with Crippen LogP contribution in [-0.2, 0) is 17.6 Å². The third kappa shape index (κ3) is 7.77. The Morgan fingerprint density at radius 1 is 0.630 bits per heavy atom. The molecule has 0 unspecified atom stereocenters. The molecule has 0 aromatic heterocycles. The maximum Gasteiger partial charge on any atom is 0.0776 e. The average molecular weight is 399 g/mol. The highest BCUT2D eigenvalue weighted by atomic mass is 28.3. The molecule has 0 radical (unpaired) electrons. The van der Waals surface area contributed by atoms with Gasteiger partial charge in [0.15, 0.2) is 0 Å². The summed E-state index contributed by atoms with van der Waals surface area (Å²) in [6.45, 7) is 16.2. The van der Waals surface area contributed by atoms with Crippen LogP contribution < -0.4 is 10.4 Å². The first-order valence-corrected chi connectivity index (χ1v) is 17.4. The summed E-state index contributed by atoms with van der Waals surface area (Å²) in [4.78, 5) is 0. The fourth-order valence-electron chi connectivity index (χ4n) is 3.25. The van der Waals surface area contributed by atoms with E-state index in [4.69, 9.17) is 4.74 Å². The van der Waals surface area contributed by atoms with Gasteiger partial charge in [-0.25, -0.2) is 0 Å². The van der Waals surface area contributed by atoms with Crippen molar-refractivity contribution in [3.63, 3.8) is 0 Å². The second-order valence-corrected chi connectivity index (χ2v) is 19.9. The Balaban J connectivity index is 1.66. The average Bonchev–Trinajstić information content (AvgIpc) is 2.60. The lowest BCUT2D eigenvalue weighted by Crippen LogP contribution is -2.37. The highest BCUT2D eigenvalue weighted by molar-refractivity contribution is 6.89. The minimum Gasteiger partial charge on any atom is -0.381 e. The van der Waals surface area contributed by atoms with Crippen LogP contribution in [0.5, 0.6) is 0 Å². The van der Waals surface area contributed by atoms with Gasteiger partial charge >= 0.3 is 0 Å². The lowest BCUT2D eigenvalue weighted by molar-refractivity contribution is 0.130. The molecular weight excluding hydrogens is 360 g/mol. The normalized spacial score (nSPS) is 12.4. The number of benzene rings is 2. The molecule has 3 heteroatoms. The van der Waals surface area contributed by atoms with Gasteiger partial charge in [0.05, 0.1) is 16.1 Å². The summed E-state index contributed by atoms with van der Waals surface area (Å²) in [5.74, 6) is 0. The quantitative estimate of drug-likeness (QED) is 0.387. The van der Waals surface area contributed by atoms with E-state index in [-0.39, 0.29) is 0 Å². The van der Waals surface area contributed by atoms with Crippen molar-refractivity contribution < 1.29 is 4.74 Å². The molecule has 0 saturated heterocycles. The maximum absolute atomic E-state index is 5.89. The van der Waals surface area contributed by atoms with Gasteiger partial charge in [-0.3, -0.25) is 0 Å². The van der Waals surface area contributed by atoms with E-state index in [2.05, 4.69) is 87.8 Å². The smallest absolute Gasteiger partial charge is 0.0776 e. The second-order valence-electron chi connectivity index (χ2n) is 9.72. The summed E-state index contributed by atoms with van der Waals surface area (Å²) < 4.78 is 5.89. The molecule has 0 heterocycles. The summed E-state index contributed by atoms with van der Waals surface area (Å²) in [5.41, 5.74) is 2.92. The van der Waals surface area contributed by atoms with Crippen molar-refractivity contribution in [1.82, 2.24) is 0 Å². The molecule has 148 valence electrons. The number of hydrogen-bond donors (Lipinski definition) is 0. The van der Waals surface area contributed by atoms with E-state index in [0.717, 1.165) is 38.9 Å². The Hall–Kier alpha value is -1.17. The molecule has 1 nitrogen and oxygen atoms in total. The first kappa shape index (κ1) is 22.1. The molecular formula is C24H38OSi2. The van der Waals surface area contributed by atoms with Crippen LogP contribution in [0.25, 0.3) is 0 Å². The van der Waals surface area contributed by atoms with E-state index in [0.29, 0.717) is 0 Å². The summed E-state index contributed by atoms with van der Waals surface area (Å²) >= 11 is 0. The molecule has 27 heavy (non-hydrogen) atoms. The van der Waals surface area contributed by atoms with Gasteiger partial charge in [-0.05, 0) is 36.8 Å². The number of ether oxygens (including phenoxy) is 1. The maximum atomic E-state index is 5.89. The molecule has 0 aliphatic heterocycles. The van der Waals surface area contributed by atoms with Crippen LogP contribution in [0, 0.1) is 0 Å². The molecule has 0 fully saturated rings. The van der Waals surface area contributed by atoms with Gasteiger partial charge in [0.25, 0.3) is 0 Å². The fourth-order valence-corrected chi connectivity index (χ4v) is 5.67. The van der Waals surface area contributed by atoms with Crippen molar-refractivity contribution in [3.8, 4) is 0 Å². The molecule has 0 amide bonds. The van der Waals surface area contributed by atoms with Crippen molar-refractivity contribution in [1.29, 1.82) is 0 Å². The third-order valence-corrected chi connectivity index (χ3v) is 9.18. The highest BCUT2D eigenvalue weighted by Gasteiger charge is 2.16. The molecule has 0 aliphatic carbocycles. The minimum atomic E-state index is -1.21. The van der Waals surface area contributed by atoms with Crippen LogP contribution in [0.15, 0.2) is 48.5 Å². The zero-order valence-electron chi connectivity index (χ0n) is 18.3. The topological polar surface area (TPSA) is 9.23 Å². The molecule has 2 rings (SSSR count). The zero-order chi connectivity index (χ0) is 19.9. The van der Waals surface area contributed by atoms with Crippen molar-refractivity contribution in [2.75, 3.05) is 13.2 Å². The third-order valence-electron chi connectivity index (χ3n) is 5.09. The first-order valence-electron chi connectivity index (χ1n) is 10.4. The Bertz CT molecular complexity index is 649. The largest absolute Gasteiger partial charge is 0.381 e. The van der Waals surface area contributed by atoms with Gasteiger partial charge < -0.3 is 4.74 Å². The van der Waals surface area contributed by atoms with Gasteiger partial charge in [-0.1, -0.05) is 98.2 Å².